The quantitative estimate of drug-likeness (QED) is 0.184. The Balaban J connectivity index is 1.43. The molecule has 1 amide bonds. The maximum Gasteiger partial charge on any atom is 0.410 e. The van der Waals surface area contributed by atoms with Gasteiger partial charge in [-0.2, -0.15) is 0 Å². The minimum atomic E-state index is -1.40. The summed E-state index contributed by atoms with van der Waals surface area (Å²) in [6, 6.07) is 2.74. The number of aliphatic hydroxyl groups is 1. The molecule has 1 N–H and O–H groups in total. The second-order valence-corrected chi connectivity index (χ2v) is 17.3. The molecule has 5 heterocycles. The zero-order valence-electron chi connectivity index (χ0n) is 36.1. The van der Waals surface area contributed by atoms with E-state index in [9.17, 15) is 24.3 Å². The lowest BCUT2D eigenvalue weighted by molar-refractivity contribution is -0.295. The van der Waals surface area contributed by atoms with E-state index < -0.39 is 83.4 Å². The van der Waals surface area contributed by atoms with Crippen molar-refractivity contribution in [2.45, 2.75) is 148 Å². The SMILES string of the molecule is CCC1OC(=O)[C@H](C)C(=O)[C@H](C)[C@@H](OC2OC(C)CC(N(C)C)C2O)[C@](C)(OC)C[C@@H](C)C(=O)[C@H](C)[C@H]2N(CCCCn3cnc(-c4cccnc4)c3)C(=O)O[C@]12C. The van der Waals surface area contributed by atoms with Crippen LogP contribution in [-0.2, 0) is 44.6 Å². The number of aliphatic hydroxyl groups excluding tert-OH is 1. The van der Waals surface area contributed by atoms with Gasteiger partial charge in [0.05, 0.1) is 35.9 Å². The first-order chi connectivity index (χ1) is 27.4. The third-order valence-corrected chi connectivity index (χ3v) is 12.8. The van der Waals surface area contributed by atoms with Crippen LogP contribution in [0.15, 0.2) is 37.1 Å². The third-order valence-electron chi connectivity index (χ3n) is 12.8. The van der Waals surface area contributed by atoms with Crippen LogP contribution in [0.3, 0.4) is 0 Å². The summed E-state index contributed by atoms with van der Waals surface area (Å²) in [5.41, 5.74) is -0.938. The number of aryl methyl sites for hydroxylation is 1. The standard InChI is InChI=1S/C43H65N5O10/c1-12-33-43(8)37(48(41(53)58-43)19-14-13-18-47-23-31(45-24-47)30-16-15-17-44-22-30)27(4)34(49)25(2)21-42(7,54-11)38(28(5)35(50)29(6)39(52)56-33)57-40-36(51)32(46(9)10)20-26(3)55-40/h15-17,22-29,32-33,36-38,40,51H,12-14,18-21H2,1-11H3/t25-,26?,27+,28+,29-,32?,33?,36?,37-,38-,40?,42-,43-/m1/s1. The first-order valence-electron chi connectivity index (χ1n) is 20.8. The van der Waals surface area contributed by atoms with Crippen LogP contribution in [0.1, 0.15) is 87.5 Å². The number of imidazole rings is 1. The molecule has 15 nitrogen and oxygen atoms in total. The molecule has 0 aromatic carbocycles. The van der Waals surface area contributed by atoms with E-state index in [-0.39, 0.29) is 30.8 Å². The first-order valence-corrected chi connectivity index (χ1v) is 20.8. The second-order valence-electron chi connectivity index (χ2n) is 17.3. The number of carbonyl (C=O) groups is 4. The van der Waals surface area contributed by atoms with Crippen LogP contribution in [0.4, 0.5) is 4.79 Å². The number of ether oxygens (including phenoxy) is 5. The summed E-state index contributed by atoms with van der Waals surface area (Å²) >= 11 is 0. The number of hydrogen-bond donors (Lipinski definition) is 1. The van der Waals surface area contributed by atoms with E-state index in [2.05, 4.69) is 9.97 Å². The highest BCUT2D eigenvalue weighted by molar-refractivity contribution is 6.00. The molecule has 3 saturated heterocycles. The van der Waals surface area contributed by atoms with E-state index in [1.165, 1.54) is 14.0 Å². The molecule has 0 saturated carbocycles. The van der Waals surface area contributed by atoms with Gasteiger partial charge in [0.1, 0.15) is 23.9 Å². The fourth-order valence-corrected chi connectivity index (χ4v) is 9.43. The van der Waals surface area contributed by atoms with Crippen molar-refractivity contribution in [3.8, 4) is 11.3 Å². The van der Waals surface area contributed by atoms with E-state index >= 15 is 0 Å². The highest BCUT2D eigenvalue weighted by atomic mass is 16.7. The molecule has 3 fully saturated rings. The Kier molecular flexibility index (Phi) is 14.6. The van der Waals surface area contributed by atoms with Gasteiger partial charge in [0, 0.05) is 68.1 Å². The molecular formula is C43H65N5O10. The average molecular weight is 812 g/mol. The van der Waals surface area contributed by atoms with Gasteiger partial charge in [-0.3, -0.25) is 19.4 Å². The first kappa shape index (κ1) is 45.3. The molecule has 5 rings (SSSR count). The number of Topliss-reactive ketones (excluding diaryl/α,β-unsaturated/α-hetero) is 2. The topological polar surface area (TPSA) is 172 Å². The van der Waals surface area contributed by atoms with Crippen LogP contribution >= 0.6 is 0 Å². The molecule has 13 atom stereocenters. The number of rotatable bonds is 11. The van der Waals surface area contributed by atoms with Gasteiger partial charge in [0.25, 0.3) is 0 Å². The van der Waals surface area contributed by atoms with Gasteiger partial charge in [-0.25, -0.2) is 9.78 Å². The van der Waals surface area contributed by atoms with Gasteiger partial charge >= 0.3 is 12.1 Å². The molecule has 2 aromatic rings. The van der Waals surface area contributed by atoms with Gasteiger partial charge < -0.3 is 43.2 Å². The van der Waals surface area contributed by atoms with Crippen LogP contribution in [0.2, 0.25) is 0 Å². The molecule has 58 heavy (non-hydrogen) atoms. The minimum absolute atomic E-state index is 0.130. The lowest BCUT2D eigenvalue weighted by atomic mass is 9.73. The van der Waals surface area contributed by atoms with Crippen LogP contribution < -0.4 is 0 Å². The predicted octanol–water partition coefficient (Wildman–Crippen LogP) is 4.93. The summed E-state index contributed by atoms with van der Waals surface area (Å²) in [5, 5.41) is 11.4. The van der Waals surface area contributed by atoms with Crippen molar-refractivity contribution < 1.29 is 48.0 Å². The number of hydrogen-bond acceptors (Lipinski definition) is 13. The Morgan fingerprint density at radius 3 is 2.36 bits per heavy atom. The van der Waals surface area contributed by atoms with Crippen molar-refractivity contribution >= 4 is 23.6 Å². The Labute approximate surface area is 343 Å². The number of likely N-dealkylation sites (N-methyl/N-ethyl adjacent to an activating group) is 1. The van der Waals surface area contributed by atoms with E-state index in [0.717, 1.165) is 11.3 Å². The lowest BCUT2D eigenvalue weighted by Gasteiger charge is -2.47. The molecule has 0 aliphatic carbocycles. The summed E-state index contributed by atoms with van der Waals surface area (Å²) in [4.78, 5) is 69.0. The molecule has 3 aliphatic rings. The highest BCUT2D eigenvalue weighted by Gasteiger charge is 2.60. The summed E-state index contributed by atoms with van der Waals surface area (Å²) in [5.74, 6) is -4.95. The highest BCUT2D eigenvalue weighted by Crippen LogP contribution is 2.43. The second kappa shape index (κ2) is 18.7. The van der Waals surface area contributed by atoms with E-state index in [1.54, 1.807) is 51.3 Å². The van der Waals surface area contributed by atoms with Gasteiger partial charge in [-0.05, 0) is 86.0 Å². The van der Waals surface area contributed by atoms with Gasteiger partial charge in [-0.1, -0.05) is 27.7 Å². The monoisotopic (exact) mass is 811 g/mol. The Morgan fingerprint density at radius 1 is 1.02 bits per heavy atom. The lowest BCUT2D eigenvalue weighted by Crippen LogP contribution is -2.60. The molecule has 0 bridgehead atoms. The summed E-state index contributed by atoms with van der Waals surface area (Å²) in [6.45, 7) is 14.9. The van der Waals surface area contributed by atoms with Crippen LogP contribution in [0.5, 0.6) is 0 Å². The number of methoxy groups -OCH3 is 1. The average Bonchev–Trinajstić information content (AvgIpc) is 3.78. The maximum atomic E-state index is 14.7. The van der Waals surface area contributed by atoms with Crippen molar-refractivity contribution in [3.05, 3.63) is 37.1 Å². The van der Waals surface area contributed by atoms with Crippen LogP contribution in [-0.4, -0.2) is 135 Å². The normalized spacial score (nSPS) is 36.7. The summed E-state index contributed by atoms with van der Waals surface area (Å²) in [7, 11) is 5.24. The van der Waals surface area contributed by atoms with E-state index in [4.69, 9.17) is 23.7 Å². The zero-order chi connectivity index (χ0) is 42.7. The van der Waals surface area contributed by atoms with Crippen LogP contribution in [0.25, 0.3) is 11.3 Å². The van der Waals surface area contributed by atoms with Crippen molar-refractivity contribution in [3.63, 3.8) is 0 Å². The number of fused-ring (bicyclic) bond motifs is 1. The van der Waals surface area contributed by atoms with Crippen LogP contribution in [0, 0.1) is 23.7 Å². The molecule has 0 radical (unpaired) electrons. The molecule has 15 heteroatoms. The third kappa shape index (κ3) is 9.33. The number of esters is 1. The predicted molar refractivity (Wildman–Crippen MR) is 214 cm³/mol. The number of cyclic esters (lactones) is 1. The largest absolute Gasteiger partial charge is 0.458 e. The molecule has 322 valence electrons. The van der Waals surface area contributed by atoms with Crippen molar-refractivity contribution in [1.82, 2.24) is 24.3 Å². The fraction of sp³-hybridized carbons (Fsp3) is 0.721. The number of carbonyl (C=O) groups excluding carboxylic acids is 4. The van der Waals surface area contributed by atoms with Crippen molar-refractivity contribution in [2.24, 2.45) is 23.7 Å². The Bertz CT molecular complexity index is 1740. The number of unbranched alkanes of at least 4 members (excludes halogenated alkanes) is 1. The summed E-state index contributed by atoms with van der Waals surface area (Å²) < 4.78 is 33.2. The smallest absolute Gasteiger partial charge is 0.410 e. The Hall–Kier alpha value is -3.76. The van der Waals surface area contributed by atoms with E-state index in [1.807, 2.05) is 62.7 Å². The Morgan fingerprint density at radius 2 is 1.72 bits per heavy atom. The van der Waals surface area contributed by atoms with Gasteiger partial charge in [0.2, 0.25) is 0 Å². The number of ketones is 2. The number of aromatic nitrogens is 3. The molecule has 3 aliphatic heterocycles. The number of nitrogens with zero attached hydrogens (tertiary/aromatic N) is 5. The molecule has 2 aromatic heterocycles. The maximum absolute atomic E-state index is 14.7. The fourth-order valence-electron chi connectivity index (χ4n) is 9.43. The number of amides is 1. The number of pyridine rings is 1. The van der Waals surface area contributed by atoms with E-state index in [0.29, 0.717) is 32.4 Å². The molecular weight excluding hydrogens is 746 g/mol. The zero-order valence-corrected chi connectivity index (χ0v) is 36.1. The molecule has 0 spiro atoms. The van der Waals surface area contributed by atoms with Crippen molar-refractivity contribution in [1.29, 1.82) is 0 Å². The minimum Gasteiger partial charge on any atom is -0.458 e. The van der Waals surface area contributed by atoms with Gasteiger partial charge in [0.15, 0.2) is 17.7 Å². The molecule has 5 unspecified atom stereocenters. The van der Waals surface area contributed by atoms with Gasteiger partial charge in [-0.15, -0.1) is 0 Å². The summed E-state index contributed by atoms with van der Waals surface area (Å²) in [6.07, 6.45) is 4.45. The van der Waals surface area contributed by atoms with Crippen molar-refractivity contribution in [2.75, 3.05) is 27.7 Å².